The molecule has 6 heteroatoms. The molecule has 2 aromatic carbocycles. The van der Waals surface area contributed by atoms with Gasteiger partial charge in [0.05, 0.1) is 35.5 Å². The highest BCUT2D eigenvalue weighted by Gasteiger charge is 2.34. The van der Waals surface area contributed by atoms with E-state index in [4.69, 9.17) is 0 Å². The third-order valence-corrected chi connectivity index (χ3v) is 5.92. The summed E-state index contributed by atoms with van der Waals surface area (Å²) in [6, 6.07) is 14.4. The molecule has 2 atom stereocenters. The zero-order chi connectivity index (χ0) is 21.3. The highest BCUT2D eigenvalue weighted by Crippen LogP contribution is 2.29. The van der Waals surface area contributed by atoms with Gasteiger partial charge in [0, 0.05) is 0 Å². The lowest BCUT2D eigenvalue weighted by atomic mass is 9.82. The lowest BCUT2D eigenvalue weighted by molar-refractivity contribution is -0.146. The second-order valence-corrected chi connectivity index (χ2v) is 7.83. The maximum atomic E-state index is 12.9. The Morgan fingerprint density at radius 1 is 1.07 bits per heavy atom. The fourth-order valence-corrected chi connectivity index (χ4v) is 4.22. The Morgan fingerprint density at radius 2 is 1.77 bits per heavy atom. The molecule has 1 aliphatic rings. The Bertz CT molecular complexity index is 1140. The maximum absolute atomic E-state index is 12.9. The molecular weight excluding hydrogens is 378 g/mol. The van der Waals surface area contributed by atoms with Gasteiger partial charge in [0.2, 0.25) is 5.91 Å². The van der Waals surface area contributed by atoms with Crippen molar-refractivity contribution in [2.75, 3.05) is 5.32 Å². The number of carboxylic acid groups (broad SMARTS) is 1. The molecule has 1 heterocycles. The number of benzene rings is 2. The fourth-order valence-electron chi connectivity index (χ4n) is 4.22. The number of rotatable bonds is 5. The van der Waals surface area contributed by atoms with E-state index in [-0.39, 0.29) is 5.91 Å². The van der Waals surface area contributed by atoms with E-state index in [0.717, 1.165) is 17.0 Å². The minimum absolute atomic E-state index is 0.261. The predicted octanol–water partition coefficient (Wildman–Crippen LogP) is 4.31. The molecule has 6 nitrogen and oxygen atoms in total. The lowest BCUT2D eigenvalue weighted by Gasteiger charge is -2.24. The van der Waals surface area contributed by atoms with Crippen molar-refractivity contribution >= 4 is 28.3 Å². The molecule has 0 saturated heterocycles. The number of hydrogen-bond donors (Lipinski definition) is 2. The van der Waals surface area contributed by atoms with Crippen molar-refractivity contribution in [2.45, 2.75) is 33.2 Å². The Labute approximate surface area is 175 Å². The van der Waals surface area contributed by atoms with Crippen LogP contribution in [0.3, 0.4) is 0 Å². The first-order chi connectivity index (χ1) is 14.5. The number of aliphatic carboxylic acids is 1. The van der Waals surface area contributed by atoms with E-state index < -0.39 is 17.8 Å². The van der Waals surface area contributed by atoms with Crippen LogP contribution in [0.25, 0.3) is 10.8 Å². The molecule has 0 spiro atoms. The number of nitrogens with zero attached hydrogens (tertiary/aromatic N) is 2. The van der Waals surface area contributed by atoms with E-state index in [1.807, 2.05) is 48.9 Å². The van der Waals surface area contributed by atoms with Crippen LogP contribution in [-0.4, -0.2) is 26.8 Å². The van der Waals surface area contributed by atoms with Crippen molar-refractivity contribution in [2.24, 2.45) is 11.8 Å². The lowest BCUT2D eigenvalue weighted by Crippen LogP contribution is -2.35. The van der Waals surface area contributed by atoms with Crippen LogP contribution in [0.1, 0.15) is 29.8 Å². The maximum Gasteiger partial charge on any atom is 0.307 e. The highest BCUT2D eigenvalue weighted by atomic mass is 16.4. The van der Waals surface area contributed by atoms with Crippen LogP contribution in [0.2, 0.25) is 0 Å². The zero-order valence-corrected chi connectivity index (χ0v) is 17.1. The molecule has 1 aromatic heterocycles. The standard InChI is InChI=1S/C24H25N3O3/c1-15-22(25-23(28)20-12-5-6-13-21(20)24(29)30)16(2)27(26-15)14-18-10-7-9-17-8-3-4-11-19(17)18/h3-11,20-21H,12-14H2,1-2H3,(H,25,28)(H,29,30)/t20-,21+/m1/s1. The Balaban J connectivity index is 1.59. The summed E-state index contributed by atoms with van der Waals surface area (Å²) in [5.41, 5.74) is 3.39. The molecule has 0 bridgehead atoms. The predicted molar refractivity (Wildman–Crippen MR) is 116 cm³/mol. The number of amides is 1. The number of anilines is 1. The fraction of sp³-hybridized carbons (Fsp3) is 0.292. The van der Waals surface area contributed by atoms with Crippen molar-refractivity contribution < 1.29 is 14.7 Å². The average molecular weight is 403 g/mol. The van der Waals surface area contributed by atoms with E-state index >= 15 is 0 Å². The first-order valence-corrected chi connectivity index (χ1v) is 10.1. The molecule has 0 saturated carbocycles. The molecule has 0 fully saturated rings. The van der Waals surface area contributed by atoms with Gasteiger partial charge in [-0.25, -0.2) is 0 Å². The van der Waals surface area contributed by atoms with Crippen LogP contribution in [0.5, 0.6) is 0 Å². The quantitative estimate of drug-likeness (QED) is 0.622. The second kappa shape index (κ2) is 8.14. The summed E-state index contributed by atoms with van der Waals surface area (Å²) in [4.78, 5) is 24.4. The van der Waals surface area contributed by atoms with E-state index in [1.54, 1.807) is 0 Å². The number of nitrogens with one attached hydrogen (secondary N) is 1. The smallest absolute Gasteiger partial charge is 0.307 e. The molecule has 0 aliphatic heterocycles. The van der Waals surface area contributed by atoms with E-state index in [9.17, 15) is 14.7 Å². The topological polar surface area (TPSA) is 84.2 Å². The minimum Gasteiger partial charge on any atom is -0.481 e. The van der Waals surface area contributed by atoms with E-state index in [0.29, 0.717) is 25.1 Å². The summed E-state index contributed by atoms with van der Waals surface area (Å²) in [7, 11) is 0. The summed E-state index contributed by atoms with van der Waals surface area (Å²) in [5, 5.41) is 19.4. The van der Waals surface area contributed by atoms with E-state index in [2.05, 4.69) is 34.7 Å². The molecule has 1 aliphatic carbocycles. The van der Waals surface area contributed by atoms with Crippen LogP contribution in [-0.2, 0) is 16.1 Å². The molecule has 2 N–H and O–H groups in total. The number of hydrogen-bond acceptors (Lipinski definition) is 3. The van der Waals surface area contributed by atoms with Gasteiger partial charge in [-0.3, -0.25) is 14.3 Å². The second-order valence-electron chi connectivity index (χ2n) is 7.83. The molecule has 3 aromatic rings. The van der Waals surface area contributed by atoms with E-state index in [1.165, 1.54) is 10.8 Å². The number of carbonyl (C=O) groups excluding carboxylic acids is 1. The molecular formula is C24H25N3O3. The first kappa shape index (κ1) is 19.9. The van der Waals surface area contributed by atoms with Crippen molar-refractivity contribution in [3.8, 4) is 0 Å². The number of carboxylic acids is 1. The first-order valence-electron chi connectivity index (χ1n) is 10.1. The van der Waals surface area contributed by atoms with Gasteiger partial charge >= 0.3 is 5.97 Å². The third kappa shape index (κ3) is 3.73. The van der Waals surface area contributed by atoms with Crippen molar-refractivity contribution in [3.05, 3.63) is 71.6 Å². The monoisotopic (exact) mass is 403 g/mol. The zero-order valence-electron chi connectivity index (χ0n) is 17.1. The summed E-state index contributed by atoms with van der Waals surface area (Å²) in [6.07, 6.45) is 4.53. The van der Waals surface area contributed by atoms with Gasteiger partial charge in [-0.15, -0.1) is 0 Å². The van der Waals surface area contributed by atoms with Gasteiger partial charge < -0.3 is 10.4 Å². The Morgan fingerprint density at radius 3 is 2.53 bits per heavy atom. The summed E-state index contributed by atoms with van der Waals surface area (Å²) in [6.45, 7) is 4.38. The van der Waals surface area contributed by atoms with Crippen molar-refractivity contribution in [3.63, 3.8) is 0 Å². The number of aromatic nitrogens is 2. The van der Waals surface area contributed by atoms with Gasteiger partial charge in [-0.1, -0.05) is 54.6 Å². The number of allylic oxidation sites excluding steroid dienone is 2. The molecule has 1 amide bonds. The van der Waals surface area contributed by atoms with Crippen LogP contribution in [0.4, 0.5) is 5.69 Å². The number of aryl methyl sites for hydroxylation is 1. The van der Waals surface area contributed by atoms with Crippen molar-refractivity contribution in [1.29, 1.82) is 0 Å². The molecule has 0 radical (unpaired) electrons. The number of carbonyl (C=O) groups is 2. The number of fused-ring (bicyclic) bond motifs is 1. The Kier molecular flexibility index (Phi) is 5.40. The average Bonchev–Trinajstić information content (AvgIpc) is 3.01. The largest absolute Gasteiger partial charge is 0.481 e. The summed E-state index contributed by atoms with van der Waals surface area (Å²) in [5.74, 6) is -2.46. The van der Waals surface area contributed by atoms with Crippen LogP contribution in [0.15, 0.2) is 54.6 Å². The molecule has 4 rings (SSSR count). The van der Waals surface area contributed by atoms with Crippen LogP contribution in [0, 0.1) is 25.7 Å². The third-order valence-electron chi connectivity index (χ3n) is 5.92. The molecule has 154 valence electrons. The Hall–Kier alpha value is -3.41. The van der Waals surface area contributed by atoms with Gasteiger partial charge in [0.25, 0.3) is 0 Å². The minimum atomic E-state index is -0.931. The van der Waals surface area contributed by atoms with Crippen LogP contribution >= 0.6 is 0 Å². The molecule has 0 unspecified atom stereocenters. The normalized spacial score (nSPS) is 18.5. The van der Waals surface area contributed by atoms with Gasteiger partial charge in [0.1, 0.15) is 0 Å². The van der Waals surface area contributed by atoms with Gasteiger partial charge in [0.15, 0.2) is 0 Å². The van der Waals surface area contributed by atoms with Gasteiger partial charge in [-0.2, -0.15) is 5.10 Å². The summed E-state index contributed by atoms with van der Waals surface area (Å²) < 4.78 is 1.89. The molecule has 30 heavy (non-hydrogen) atoms. The van der Waals surface area contributed by atoms with Crippen molar-refractivity contribution in [1.82, 2.24) is 9.78 Å². The van der Waals surface area contributed by atoms with Gasteiger partial charge in [-0.05, 0) is 43.0 Å². The highest BCUT2D eigenvalue weighted by molar-refractivity contribution is 5.96. The van der Waals surface area contributed by atoms with Crippen LogP contribution < -0.4 is 5.32 Å². The SMILES string of the molecule is Cc1nn(Cc2cccc3ccccc23)c(C)c1NC(=O)[C@@H]1CC=CC[C@@H]1C(=O)O. The summed E-state index contributed by atoms with van der Waals surface area (Å²) >= 11 is 0.